The quantitative estimate of drug-likeness (QED) is 0.452. The number of nitrogens with two attached hydrogens (primary N) is 2. The molecular formula is C16H23N5O2. The van der Waals surface area contributed by atoms with Crippen LogP contribution in [0, 0.1) is 0 Å². The predicted octanol–water partition coefficient (Wildman–Crippen LogP) is 1.53. The standard InChI is InChI=1S/C16H23N5O2/c17-21(9-10-23-18)16(22)20-7-5-12(6-8-20)14-11-19-15-4-2-1-3-13(14)15/h1-4,11-12,19H,5-10,17-18H2. The van der Waals surface area contributed by atoms with Crippen LogP contribution in [0.1, 0.15) is 24.3 Å². The van der Waals surface area contributed by atoms with E-state index in [9.17, 15) is 4.79 Å². The number of rotatable bonds is 4. The number of nitrogens with one attached hydrogen (secondary N) is 1. The third-order valence-corrected chi connectivity index (χ3v) is 4.52. The van der Waals surface area contributed by atoms with E-state index in [2.05, 4.69) is 34.2 Å². The first kappa shape index (κ1) is 15.8. The van der Waals surface area contributed by atoms with Crippen LogP contribution in [0.4, 0.5) is 4.79 Å². The number of hydrogen-bond donors (Lipinski definition) is 3. The summed E-state index contributed by atoms with van der Waals surface area (Å²) in [7, 11) is 0. The topological polar surface area (TPSA) is 101 Å². The van der Waals surface area contributed by atoms with Crippen molar-refractivity contribution < 1.29 is 9.63 Å². The highest BCUT2D eigenvalue weighted by molar-refractivity contribution is 5.83. The van der Waals surface area contributed by atoms with Crippen LogP contribution >= 0.6 is 0 Å². The van der Waals surface area contributed by atoms with Gasteiger partial charge in [-0.3, -0.25) is 5.01 Å². The molecule has 0 saturated carbocycles. The van der Waals surface area contributed by atoms with E-state index in [0.717, 1.165) is 18.4 Å². The Morgan fingerprint density at radius 3 is 2.83 bits per heavy atom. The zero-order valence-electron chi connectivity index (χ0n) is 13.1. The first-order valence-corrected chi connectivity index (χ1v) is 7.89. The number of fused-ring (bicyclic) bond motifs is 1. The molecule has 2 aromatic rings. The summed E-state index contributed by atoms with van der Waals surface area (Å²) in [6.45, 7) is 1.94. The van der Waals surface area contributed by atoms with Gasteiger partial charge in [0.25, 0.3) is 0 Å². The first-order chi connectivity index (χ1) is 11.2. The Morgan fingerprint density at radius 2 is 2.09 bits per heavy atom. The van der Waals surface area contributed by atoms with E-state index in [1.165, 1.54) is 16.0 Å². The average Bonchev–Trinajstić information content (AvgIpc) is 3.03. The summed E-state index contributed by atoms with van der Waals surface area (Å²) < 4.78 is 0. The molecule has 1 fully saturated rings. The van der Waals surface area contributed by atoms with Gasteiger partial charge in [-0.1, -0.05) is 18.2 Å². The number of piperidine rings is 1. The van der Waals surface area contributed by atoms with E-state index >= 15 is 0 Å². The maximum absolute atomic E-state index is 12.2. The molecule has 124 valence electrons. The molecule has 3 rings (SSSR count). The van der Waals surface area contributed by atoms with Crippen LogP contribution in [0.25, 0.3) is 10.9 Å². The minimum Gasteiger partial charge on any atom is -0.361 e. The first-order valence-electron chi connectivity index (χ1n) is 7.89. The number of amides is 2. The number of likely N-dealkylation sites (tertiary alicyclic amines) is 1. The second-order valence-corrected chi connectivity index (χ2v) is 5.90. The van der Waals surface area contributed by atoms with Gasteiger partial charge in [0.05, 0.1) is 13.2 Å². The monoisotopic (exact) mass is 317 g/mol. The number of H-pyrrole nitrogens is 1. The molecule has 0 atom stereocenters. The molecule has 2 heterocycles. The van der Waals surface area contributed by atoms with Crippen molar-refractivity contribution in [3.8, 4) is 0 Å². The fourth-order valence-corrected chi connectivity index (χ4v) is 3.24. The maximum Gasteiger partial charge on any atom is 0.334 e. The van der Waals surface area contributed by atoms with Gasteiger partial charge >= 0.3 is 6.03 Å². The molecule has 0 bridgehead atoms. The largest absolute Gasteiger partial charge is 0.361 e. The number of benzene rings is 1. The van der Waals surface area contributed by atoms with Gasteiger partial charge in [0.2, 0.25) is 0 Å². The van der Waals surface area contributed by atoms with E-state index in [0.29, 0.717) is 19.0 Å². The van der Waals surface area contributed by atoms with Gasteiger partial charge in [-0.15, -0.1) is 0 Å². The van der Waals surface area contributed by atoms with Crippen LogP contribution in [0.3, 0.4) is 0 Å². The Morgan fingerprint density at radius 1 is 1.35 bits per heavy atom. The molecule has 2 amide bonds. The summed E-state index contributed by atoms with van der Waals surface area (Å²) in [5.74, 6) is 11.2. The lowest BCUT2D eigenvalue weighted by Gasteiger charge is -2.34. The van der Waals surface area contributed by atoms with Crippen molar-refractivity contribution in [3.63, 3.8) is 0 Å². The van der Waals surface area contributed by atoms with Crippen molar-refractivity contribution in [2.24, 2.45) is 11.7 Å². The van der Waals surface area contributed by atoms with Crippen LogP contribution in [-0.4, -0.2) is 47.2 Å². The molecule has 7 nitrogen and oxygen atoms in total. The third kappa shape index (κ3) is 3.31. The fourth-order valence-electron chi connectivity index (χ4n) is 3.24. The molecular weight excluding hydrogens is 294 g/mol. The number of carbonyl (C=O) groups is 1. The fraction of sp³-hybridized carbons (Fsp3) is 0.438. The number of para-hydroxylation sites is 1. The molecule has 0 unspecified atom stereocenters. The van der Waals surface area contributed by atoms with Crippen LogP contribution in [-0.2, 0) is 4.84 Å². The number of nitrogens with zero attached hydrogens (tertiary/aromatic N) is 2. The molecule has 0 radical (unpaired) electrons. The summed E-state index contributed by atoms with van der Waals surface area (Å²) in [6.07, 6.45) is 3.98. The van der Waals surface area contributed by atoms with Crippen LogP contribution in [0.15, 0.2) is 30.5 Å². The summed E-state index contributed by atoms with van der Waals surface area (Å²) in [5, 5.41) is 2.44. The maximum atomic E-state index is 12.2. The lowest BCUT2D eigenvalue weighted by molar-refractivity contribution is 0.0960. The second-order valence-electron chi connectivity index (χ2n) is 5.90. The van der Waals surface area contributed by atoms with Crippen LogP contribution in [0.5, 0.6) is 0 Å². The number of aromatic nitrogens is 1. The highest BCUT2D eigenvalue weighted by Gasteiger charge is 2.27. The minimum absolute atomic E-state index is 0.167. The molecule has 1 aromatic carbocycles. The molecule has 1 aliphatic rings. The van der Waals surface area contributed by atoms with Crippen LogP contribution in [0.2, 0.25) is 0 Å². The van der Waals surface area contributed by atoms with Crippen LogP contribution < -0.4 is 11.7 Å². The molecule has 5 N–H and O–H groups in total. The van der Waals surface area contributed by atoms with Gasteiger partial charge in [-0.25, -0.2) is 16.5 Å². The lowest BCUT2D eigenvalue weighted by Crippen LogP contribution is -2.50. The molecule has 1 aliphatic heterocycles. The van der Waals surface area contributed by atoms with Gasteiger partial charge in [-0.2, -0.15) is 0 Å². The van der Waals surface area contributed by atoms with Crippen molar-refractivity contribution >= 4 is 16.9 Å². The van der Waals surface area contributed by atoms with Gasteiger partial charge in [0.15, 0.2) is 0 Å². The number of aromatic amines is 1. The van der Waals surface area contributed by atoms with Gasteiger partial charge in [-0.05, 0) is 30.4 Å². The van der Waals surface area contributed by atoms with E-state index in [1.807, 2.05) is 6.07 Å². The zero-order chi connectivity index (χ0) is 16.2. The molecule has 7 heteroatoms. The van der Waals surface area contributed by atoms with E-state index in [1.54, 1.807) is 4.90 Å². The Labute approximate surface area is 135 Å². The third-order valence-electron chi connectivity index (χ3n) is 4.52. The average molecular weight is 317 g/mol. The number of hydrogen-bond acceptors (Lipinski definition) is 4. The summed E-state index contributed by atoms with van der Waals surface area (Å²) in [5.41, 5.74) is 2.50. The smallest absolute Gasteiger partial charge is 0.334 e. The molecule has 1 aromatic heterocycles. The van der Waals surface area contributed by atoms with E-state index in [4.69, 9.17) is 11.7 Å². The Bertz CT molecular complexity index is 663. The normalized spacial score (nSPS) is 16.0. The van der Waals surface area contributed by atoms with Crippen molar-refractivity contribution in [1.82, 2.24) is 14.9 Å². The van der Waals surface area contributed by atoms with Gasteiger partial charge in [0, 0.05) is 30.2 Å². The Balaban J connectivity index is 1.61. The highest BCUT2D eigenvalue weighted by atomic mass is 16.6. The molecule has 0 spiro atoms. The van der Waals surface area contributed by atoms with Crippen molar-refractivity contribution in [1.29, 1.82) is 0 Å². The van der Waals surface area contributed by atoms with Crippen molar-refractivity contribution in [2.45, 2.75) is 18.8 Å². The Kier molecular flexibility index (Phi) is 4.80. The van der Waals surface area contributed by atoms with E-state index < -0.39 is 0 Å². The van der Waals surface area contributed by atoms with Crippen molar-refractivity contribution in [2.75, 3.05) is 26.2 Å². The number of carbonyl (C=O) groups excluding carboxylic acids is 1. The minimum atomic E-state index is -0.167. The number of hydrazine groups is 1. The van der Waals surface area contributed by atoms with E-state index in [-0.39, 0.29) is 19.2 Å². The SMILES string of the molecule is NOCCN(N)C(=O)N1CCC(c2c[nH]c3ccccc23)CC1. The molecule has 0 aliphatic carbocycles. The zero-order valence-corrected chi connectivity index (χ0v) is 13.1. The second kappa shape index (κ2) is 6.99. The summed E-state index contributed by atoms with van der Waals surface area (Å²) in [6, 6.07) is 8.16. The predicted molar refractivity (Wildman–Crippen MR) is 88.3 cm³/mol. The van der Waals surface area contributed by atoms with Gasteiger partial charge < -0.3 is 14.7 Å². The molecule has 23 heavy (non-hydrogen) atoms. The Hall–Kier alpha value is -2.09. The lowest BCUT2D eigenvalue weighted by atomic mass is 9.89. The van der Waals surface area contributed by atoms with Gasteiger partial charge in [0.1, 0.15) is 0 Å². The van der Waals surface area contributed by atoms with Crippen molar-refractivity contribution in [3.05, 3.63) is 36.0 Å². The summed E-state index contributed by atoms with van der Waals surface area (Å²) >= 11 is 0. The summed E-state index contributed by atoms with van der Waals surface area (Å²) in [4.78, 5) is 21.8. The highest BCUT2D eigenvalue weighted by Crippen LogP contribution is 2.33. The number of urea groups is 1. The molecule has 1 saturated heterocycles.